The van der Waals surface area contributed by atoms with Gasteiger partial charge >= 0.3 is 13.2 Å². The van der Waals surface area contributed by atoms with E-state index >= 15 is 0 Å². The van der Waals surface area contributed by atoms with Crippen LogP contribution in [0.2, 0.25) is 0 Å². The summed E-state index contributed by atoms with van der Waals surface area (Å²) in [6.45, 7) is 13.7. The molecular formula is C24H30BNO5. The summed E-state index contributed by atoms with van der Waals surface area (Å²) in [6, 6.07) is 11.6. The summed E-state index contributed by atoms with van der Waals surface area (Å²) in [5.41, 5.74) is 2.03. The van der Waals surface area contributed by atoms with Gasteiger partial charge in [0.1, 0.15) is 17.1 Å². The van der Waals surface area contributed by atoms with Crippen LogP contribution in [0, 0.1) is 0 Å². The Bertz CT molecular complexity index is 1010. The van der Waals surface area contributed by atoms with Gasteiger partial charge in [0.25, 0.3) is 0 Å². The van der Waals surface area contributed by atoms with Crippen molar-refractivity contribution in [2.45, 2.75) is 71.7 Å². The van der Waals surface area contributed by atoms with Crippen molar-refractivity contribution in [3.05, 3.63) is 47.5 Å². The lowest BCUT2D eigenvalue weighted by atomic mass is 9.76. The van der Waals surface area contributed by atoms with Crippen LogP contribution in [0.3, 0.4) is 0 Å². The smallest absolute Gasteiger partial charge is 0.457 e. The molecule has 1 N–H and O–H groups in total. The van der Waals surface area contributed by atoms with Crippen LogP contribution in [-0.2, 0) is 20.5 Å². The fraction of sp³-hybridized carbons (Fsp3) is 0.458. The van der Waals surface area contributed by atoms with Crippen LogP contribution in [0.25, 0.3) is 0 Å². The lowest BCUT2D eigenvalue weighted by Gasteiger charge is -2.32. The molecule has 0 spiro atoms. The Morgan fingerprint density at radius 3 is 2.32 bits per heavy atom. The van der Waals surface area contributed by atoms with E-state index < -0.39 is 30.0 Å². The maximum atomic E-state index is 12.3. The van der Waals surface area contributed by atoms with E-state index in [9.17, 15) is 4.79 Å². The second-order valence-corrected chi connectivity index (χ2v) is 10.1. The molecule has 2 aromatic rings. The Kier molecular flexibility index (Phi) is 5.10. The molecule has 7 heteroatoms. The molecule has 0 unspecified atom stereocenters. The molecule has 0 aromatic heterocycles. The number of ether oxygens (including phenoxy) is 2. The van der Waals surface area contributed by atoms with E-state index in [-0.39, 0.29) is 0 Å². The topological polar surface area (TPSA) is 66.0 Å². The number of rotatable bonds is 2. The van der Waals surface area contributed by atoms with Gasteiger partial charge in [-0.3, -0.25) is 5.32 Å². The highest BCUT2D eigenvalue weighted by Gasteiger charge is 2.52. The van der Waals surface area contributed by atoms with E-state index in [4.69, 9.17) is 18.8 Å². The number of fused-ring (bicyclic) bond motifs is 2. The van der Waals surface area contributed by atoms with Gasteiger partial charge < -0.3 is 18.8 Å². The van der Waals surface area contributed by atoms with E-state index in [1.807, 2.05) is 84.9 Å². The Morgan fingerprint density at radius 2 is 1.68 bits per heavy atom. The van der Waals surface area contributed by atoms with Crippen LogP contribution in [0.1, 0.15) is 59.6 Å². The molecule has 2 aliphatic heterocycles. The molecule has 164 valence electrons. The lowest BCUT2D eigenvalue weighted by molar-refractivity contribution is 0.00578. The number of carbonyl (C=O) groups excluding carboxylic acids is 1. The molecule has 4 rings (SSSR count). The molecule has 0 saturated carbocycles. The maximum absolute atomic E-state index is 12.3. The van der Waals surface area contributed by atoms with Gasteiger partial charge in [0, 0.05) is 17.4 Å². The summed E-state index contributed by atoms with van der Waals surface area (Å²) >= 11 is 0. The first-order valence-corrected chi connectivity index (χ1v) is 10.6. The minimum absolute atomic E-state index is 0.433. The van der Waals surface area contributed by atoms with Gasteiger partial charge in [-0.1, -0.05) is 24.3 Å². The highest BCUT2D eigenvalue weighted by Crippen LogP contribution is 2.42. The summed E-state index contributed by atoms with van der Waals surface area (Å²) in [5, 5.41) is 2.86. The molecule has 31 heavy (non-hydrogen) atoms. The molecule has 1 fully saturated rings. The van der Waals surface area contributed by atoms with Crippen molar-refractivity contribution in [2.24, 2.45) is 0 Å². The number of carbonyl (C=O) groups is 1. The fourth-order valence-electron chi connectivity index (χ4n) is 3.70. The molecule has 0 radical (unpaired) electrons. The monoisotopic (exact) mass is 423 g/mol. The summed E-state index contributed by atoms with van der Waals surface area (Å²) in [7, 11) is -0.510. The molecule has 1 amide bonds. The van der Waals surface area contributed by atoms with E-state index in [1.54, 1.807) is 0 Å². The number of anilines is 1. The van der Waals surface area contributed by atoms with E-state index in [1.165, 1.54) is 0 Å². The molecule has 2 aromatic carbocycles. The minimum atomic E-state index is -0.570. The Balaban J connectivity index is 1.63. The number of hydrogen-bond donors (Lipinski definition) is 1. The number of para-hydroxylation sites is 1. The van der Waals surface area contributed by atoms with Crippen molar-refractivity contribution < 1.29 is 23.6 Å². The summed E-state index contributed by atoms with van der Waals surface area (Å²) in [6.07, 6.45) is 0.127. The molecule has 0 aliphatic carbocycles. The summed E-state index contributed by atoms with van der Waals surface area (Å²) in [5.74, 6) is 1.45. The second kappa shape index (κ2) is 7.28. The quantitative estimate of drug-likeness (QED) is 0.586. The normalized spacial score (nSPS) is 18.6. The van der Waals surface area contributed by atoms with Crippen LogP contribution >= 0.6 is 0 Å². The zero-order valence-electron chi connectivity index (χ0n) is 19.3. The summed E-state index contributed by atoms with van der Waals surface area (Å²) in [4.78, 5) is 12.3. The van der Waals surface area contributed by atoms with Crippen molar-refractivity contribution in [3.63, 3.8) is 0 Å². The molecule has 2 aliphatic rings. The van der Waals surface area contributed by atoms with Gasteiger partial charge in [-0.2, -0.15) is 0 Å². The molecule has 2 heterocycles. The Morgan fingerprint density at radius 1 is 1.03 bits per heavy atom. The third-order valence-electron chi connectivity index (χ3n) is 5.98. The minimum Gasteiger partial charge on any atom is -0.457 e. The van der Waals surface area contributed by atoms with Gasteiger partial charge in [-0.25, -0.2) is 4.79 Å². The van der Waals surface area contributed by atoms with E-state index in [2.05, 4.69) is 5.32 Å². The fourth-order valence-corrected chi connectivity index (χ4v) is 3.70. The number of hydrogen-bond acceptors (Lipinski definition) is 5. The van der Waals surface area contributed by atoms with Crippen molar-refractivity contribution in [2.75, 3.05) is 5.32 Å². The van der Waals surface area contributed by atoms with E-state index in [0.29, 0.717) is 17.9 Å². The van der Waals surface area contributed by atoms with Gasteiger partial charge in [0.15, 0.2) is 0 Å². The van der Waals surface area contributed by atoms with Crippen LogP contribution < -0.4 is 15.5 Å². The van der Waals surface area contributed by atoms with Crippen LogP contribution in [0.15, 0.2) is 36.4 Å². The van der Waals surface area contributed by atoms with Gasteiger partial charge in [0.05, 0.1) is 16.9 Å². The molecular weight excluding hydrogens is 393 g/mol. The first-order chi connectivity index (χ1) is 14.4. The SMILES string of the molecule is CC(C)(C)OC(=O)Nc1cccc2c1Cc1cccc(B3OC(C)(C)C(C)(C)O3)c1O2. The number of amides is 1. The first kappa shape index (κ1) is 21.7. The zero-order valence-corrected chi connectivity index (χ0v) is 19.3. The molecule has 6 nitrogen and oxygen atoms in total. The van der Waals surface area contributed by atoms with Crippen LogP contribution in [0.4, 0.5) is 10.5 Å². The second-order valence-electron chi connectivity index (χ2n) is 10.1. The average molecular weight is 423 g/mol. The van der Waals surface area contributed by atoms with Crippen molar-refractivity contribution in [1.29, 1.82) is 0 Å². The van der Waals surface area contributed by atoms with E-state index in [0.717, 1.165) is 22.3 Å². The van der Waals surface area contributed by atoms with Crippen molar-refractivity contribution in [1.82, 2.24) is 0 Å². The van der Waals surface area contributed by atoms with Crippen LogP contribution in [0.5, 0.6) is 11.5 Å². The number of benzene rings is 2. The Labute approximate surface area is 184 Å². The van der Waals surface area contributed by atoms with Gasteiger partial charge in [0.2, 0.25) is 0 Å². The summed E-state index contributed by atoms with van der Waals surface area (Å²) < 4.78 is 24.2. The molecule has 0 bridgehead atoms. The van der Waals surface area contributed by atoms with Crippen molar-refractivity contribution >= 4 is 24.4 Å². The maximum Gasteiger partial charge on any atom is 0.498 e. The van der Waals surface area contributed by atoms with Crippen molar-refractivity contribution in [3.8, 4) is 11.5 Å². The van der Waals surface area contributed by atoms with Gasteiger partial charge in [-0.15, -0.1) is 0 Å². The largest absolute Gasteiger partial charge is 0.498 e. The highest BCUT2D eigenvalue weighted by atomic mass is 16.7. The third-order valence-corrected chi connectivity index (χ3v) is 5.98. The highest BCUT2D eigenvalue weighted by molar-refractivity contribution is 6.63. The first-order valence-electron chi connectivity index (χ1n) is 10.6. The third kappa shape index (κ3) is 4.17. The Hall–Kier alpha value is -2.51. The lowest BCUT2D eigenvalue weighted by Crippen LogP contribution is -2.41. The zero-order chi connectivity index (χ0) is 22.6. The molecule has 1 saturated heterocycles. The van der Waals surface area contributed by atoms with Gasteiger partial charge in [-0.05, 0) is 66.2 Å². The van der Waals surface area contributed by atoms with Crippen LogP contribution in [-0.4, -0.2) is 30.0 Å². The number of nitrogens with one attached hydrogen (secondary N) is 1. The predicted octanol–water partition coefficient (Wildman–Crippen LogP) is 5.03. The predicted molar refractivity (Wildman–Crippen MR) is 121 cm³/mol. The molecule has 0 atom stereocenters. The average Bonchev–Trinajstić information content (AvgIpc) is 2.85. The standard InChI is InChI=1S/C24H30BNO5/c1-22(2,3)29-21(27)26-18-12-9-13-19-16(18)14-15-10-8-11-17(20(15)28-19)25-30-23(4,5)24(6,7)31-25/h8-13H,14H2,1-7H3,(H,26,27).